The van der Waals surface area contributed by atoms with E-state index in [2.05, 4.69) is 5.16 Å². The summed E-state index contributed by atoms with van der Waals surface area (Å²) in [6.07, 6.45) is 0.431. The Morgan fingerprint density at radius 3 is 2.48 bits per heavy atom. The molecule has 0 spiro atoms. The lowest BCUT2D eigenvalue weighted by atomic mass is 9.58. The summed E-state index contributed by atoms with van der Waals surface area (Å²) in [5, 5.41) is 16.4. The number of aliphatic hydroxyl groups excluding tert-OH is 1. The third kappa shape index (κ3) is 4.65. The van der Waals surface area contributed by atoms with Crippen LogP contribution in [0.5, 0.6) is 5.88 Å². The van der Waals surface area contributed by atoms with Crippen molar-refractivity contribution < 1.29 is 32.8 Å². The second-order valence-electron chi connectivity index (χ2n) is 14.6. The second kappa shape index (κ2) is 10.9. The number of nitrogens with two attached hydrogens (primary N) is 1. The summed E-state index contributed by atoms with van der Waals surface area (Å²) < 4.78 is 34.4. The Balaban J connectivity index is 1.59. The number of allylic oxidation sites excluding steroid dienone is 1. The van der Waals surface area contributed by atoms with Gasteiger partial charge in [-0.25, -0.2) is 4.39 Å². The first-order valence-corrected chi connectivity index (χ1v) is 18.6. The summed E-state index contributed by atoms with van der Waals surface area (Å²) in [6.45, 7) is 12.0. The number of Topliss-reactive ketones (excluding diaryl/α,β-unsaturated/α-hetero) is 2. The molecule has 9 nitrogen and oxygen atoms in total. The molecule has 2 aromatic carbocycles. The molecule has 3 aliphatic carbocycles. The Bertz CT molecular complexity index is 1780. The average Bonchev–Trinajstić information content (AvgIpc) is 3.39. The maximum absolute atomic E-state index is 15.3. The van der Waals surface area contributed by atoms with E-state index in [1.165, 1.54) is 6.07 Å². The van der Waals surface area contributed by atoms with Crippen molar-refractivity contribution in [3.63, 3.8) is 0 Å². The Kier molecular flexibility index (Phi) is 7.61. The summed E-state index contributed by atoms with van der Waals surface area (Å²) in [7, 11) is 0.875. The first-order valence-electron chi connectivity index (χ1n) is 15.6. The van der Waals surface area contributed by atoms with Gasteiger partial charge in [0.2, 0.25) is 5.78 Å². The summed E-state index contributed by atoms with van der Waals surface area (Å²) in [4.78, 5) is 31.4. The van der Waals surface area contributed by atoms with Crippen molar-refractivity contribution in [2.45, 2.75) is 76.9 Å². The molecular weight excluding hydrogens is 605 g/mol. The van der Waals surface area contributed by atoms with Gasteiger partial charge in [0.15, 0.2) is 25.5 Å². The van der Waals surface area contributed by atoms with Gasteiger partial charge in [-0.05, 0) is 85.8 Å². The number of anilines is 1. The molecule has 3 N–H and O–H groups in total. The highest BCUT2D eigenvalue weighted by Crippen LogP contribution is 2.59. The number of nitrogen functional groups attached to an aromatic ring is 1. The summed E-state index contributed by atoms with van der Waals surface area (Å²) in [6, 6.07) is 10.1. The number of carbonyl (C=O) groups excluding carboxylic acids is 2. The average molecular weight is 648 g/mol. The molecule has 1 heterocycles. The van der Waals surface area contributed by atoms with E-state index in [4.69, 9.17) is 19.4 Å². The van der Waals surface area contributed by atoms with E-state index in [0.717, 1.165) is 5.56 Å². The zero-order valence-corrected chi connectivity index (χ0v) is 28.7. The van der Waals surface area contributed by atoms with Crippen molar-refractivity contribution >= 4 is 25.6 Å². The normalized spacial score (nSPS) is 24.4. The molecule has 0 fully saturated rings. The minimum atomic E-state index is -2.84. The van der Waals surface area contributed by atoms with Gasteiger partial charge in [0.1, 0.15) is 23.7 Å². The van der Waals surface area contributed by atoms with Crippen molar-refractivity contribution in [2.75, 3.05) is 19.8 Å². The first-order chi connectivity index (χ1) is 21.5. The molecule has 46 heavy (non-hydrogen) atoms. The molecule has 3 aliphatic rings. The highest BCUT2D eigenvalue weighted by molar-refractivity contribution is 6.74. The number of rotatable bonds is 6. The fourth-order valence-electron chi connectivity index (χ4n) is 7.19. The van der Waals surface area contributed by atoms with Crippen LogP contribution in [0.1, 0.15) is 76.4 Å². The number of halogens is 1. The molecule has 0 radical (unpaired) electrons. The fraction of sp³-hybridized carbons (Fsp3) is 0.457. The quantitative estimate of drug-likeness (QED) is 0.221. The molecule has 244 valence electrons. The van der Waals surface area contributed by atoms with Crippen LogP contribution in [0.3, 0.4) is 0 Å². The zero-order chi connectivity index (χ0) is 33.5. The van der Waals surface area contributed by atoms with Gasteiger partial charge < -0.3 is 24.5 Å². The van der Waals surface area contributed by atoms with Crippen LogP contribution in [0.25, 0.3) is 0 Å². The molecular formula is C35H42FN3O6Si. The Morgan fingerprint density at radius 1 is 1.17 bits per heavy atom. The third-order valence-electron chi connectivity index (χ3n) is 10.6. The van der Waals surface area contributed by atoms with Gasteiger partial charge in [-0.15, -0.1) is 0 Å². The molecule has 3 aromatic rings. The second-order valence-corrected chi connectivity index (χ2v) is 19.3. The third-order valence-corrected chi connectivity index (χ3v) is 15.0. The van der Waals surface area contributed by atoms with Gasteiger partial charge in [0.25, 0.3) is 5.88 Å². The molecule has 0 amide bonds. The summed E-state index contributed by atoms with van der Waals surface area (Å²) >= 11 is 0. The lowest BCUT2D eigenvalue weighted by Crippen LogP contribution is -2.65. The molecule has 0 bridgehead atoms. The van der Waals surface area contributed by atoms with Crippen LogP contribution < -0.4 is 10.5 Å². The van der Waals surface area contributed by atoms with E-state index in [1.54, 1.807) is 6.92 Å². The minimum absolute atomic E-state index is 0.00158. The van der Waals surface area contributed by atoms with Crippen LogP contribution in [0.15, 0.2) is 52.3 Å². The van der Waals surface area contributed by atoms with Gasteiger partial charge in [0, 0.05) is 22.7 Å². The number of carbonyl (C=O) groups is 2. The smallest absolute Gasteiger partial charge is 0.265 e. The number of aliphatic hydroxyl groups is 1. The highest BCUT2D eigenvalue weighted by atomic mass is 28.4. The number of nitrogens with zero attached hydrogens (tertiary/aromatic N) is 2. The van der Waals surface area contributed by atoms with Gasteiger partial charge >= 0.3 is 0 Å². The first kappa shape index (κ1) is 32.2. The number of hydrogen-bond donors (Lipinski definition) is 2. The highest BCUT2D eigenvalue weighted by Gasteiger charge is 2.67. The topological polar surface area (TPSA) is 128 Å². The monoisotopic (exact) mass is 647 g/mol. The van der Waals surface area contributed by atoms with Crippen LogP contribution in [-0.4, -0.2) is 54.7 Å². The molecule has 0 saturated carbocycles. The number of ether oxygens (including phenoxy) is 1. The predicted octanol–water partition coefficient (Wildman–Crippen LogP) is 6.73. The number of fused-ring (bicyclic) bond motifs is 4. The van der Waals surface area contributed by atoms with Crippen LogP contribution in [0.4, 0.5) is 10.1 Å². The van der Waals surface area contributed by atoms with Crippen LogP contribution >= 0.6 is 0 Å². The van der Waals surface area contributed by atoms with Crippen molar-refractivity contribution in [1.29, 1.82) is 0 Å². The molecule has 0 aliphatic heterocycles. The van der Waals surface area contributed by atoms with E-state index in [9.17, 15) is 9.90 Å². The molecule has 11 heteroatoms. The van der Waals surface area contributed by atoms with Crippen LogP contribution in [0, 0.1) is 24.6 Å². The zero-order valence-electron chi connectivity index (χ0n) is 27.7. The van der Waals surface area contributed by atoms with Gasteiger partial charge in [-0.3, -0.25) is 14.5 Å². The number of hydrogen-bond acceptors (Lipinski definition) is 9. The Morgan fingerprint density at radius 2 is 1.85 bits per heavy atom. The van der Waals surface area contributed by atoms with Crippen molar-refractivity contribution in [3.8, 4) is 5.88 Å². The standard InChI is InChI=1S/C35H42FN3O6Si/c1-18-24(37)16-23(36)21-14-20-15-22-28(39(5)6)30-27(33(38-44-30)43-17-19-12-10-9-11-13-19)32(42)35(22,45-46(7,8)34(2,3)4)31(41)26(20)29(40)25(18)21/h9-13,16,20,22,28,41H,14-15,17,37H2,1-8H3/t20-,22-,28-,35-/m0/s1. The fourth-order valence-corrected chi connectivity index (χ4v) is 8.64. The molecule has 4 atom stereocenters. The van der Waals surface area contributed by atoms with Gasteiger partial charge in [0.05, 0.1) is 6.04 Å². The van der Waals surface area contributed by atoms with Gasteiger partial charge in [-0.2, -0.15) is 0 Å². The van der Waals surface area contributed by atoms with Crippen molar-refractivity contribution in [2.24, 2.45) is 11.8 Å². The van der Waals surface area contributed by atoms with E-state index >= 15 is 9.18 Å². The largest absolute Gasteiger partial charge is 0.508 e. The number of benzene rings is 2. The van der Waals surface area contributed by atoms with Gasteiger partial charge in [-0.1, -0.05) is 51.1 Å². The van der Waals surface area contributed by atoms with E-state index < -0.39 is 54.9 Å². The van der Waals surface area contributed by atoms with Crippen molar-refractivity contribution in [3.05, 3.63) is 87.1 Å². The van der Waals surface area contributed by atoms with Crippen LogP contribution in [0.2, 0.25) is 18.1 Å². The molecule has 1 aromatic heterocycles. The number of aromatic nitrogens is 1. The van der Waals surface area contributed by atoms with E-state index in [0.29, 0.717) is 11.3 Å². The Hall–Kier alpha value is -3.80. The lowest BCUT2D eigenvalue weighted by molar-refractivity contribution is -0.0481. The number of ketones is 2. The maximum Gasteiger partial charge on any atom is 0.265 e. The van der Waals surface area contributed by atoms with Crippen molar-refractivity contribution in [1.82, 2.24) is 10.1 Å². The summed E-state index contributed by atoms with van der Waals surface area (Å²) in [5.74, 6) is -3.01. The SMILES string of the molecule is Cc1c(N)cc(F)c2c1C(=O)C1=C(O)[C@]3(O[Si](C)(C)C(C)(C)C)C(=O)c4c(OCc5ccccc5)noc4[C@@H](N(C)C)[C@@H]3C[C@@H]1C2. The summed E-state index contributed by atoms with van der Waals surface area (Å²) in [5.41, 5.74) is 6.21. The Labute approximate surface area is 269 Å². The molecule has 0 saturated heterocycles. The molecule has 6 rings (SSSR count). The lowest BCUT2D eigenvalue weighted by Gasteiger charge is -2.55. The van der Waals surface area contributed by atoms with E-state index in [-0.39, 0.29) is 58.3 Å². The van der Waals surface area contributed by atoms with Crippen LogP contribution in [-0.2, 0) is 17.5 Å². The maximum atomic E-state index is 15.3. The molecule has 0 unspecified atom stereocenters. The van der Waals surface area contributed by atoms with E-state index in [1.807, 2.05) is 83.2 Å². The predicted molar refractivity (Wildman–Crippen MR) is 174 cm³/mol. The minimum Gasteiger partial charge on any atom is -0.508 e.